The number of carbonyl (C=O) groups excluding carboxylic acids is 3. The van der Waals surface area contributed by atoms with Crippen molar-refractivity contribution in [2.45, 2.75) is 31.0 Å². The minimum Gasteiger partial charge on any atom is -0.480 e. The van der Waals surface area contributed by atoms with E-state index in [4.69, 9.17) is 10.8 Å². The van der Waals surface area contributed by atoms with Crippen LogP contribution < -0.4 is 21.7 Å². The lowest BCUT2D eigenvalue weighted by Crippen LogP contribution is -2.54. The topological polar surface area (TPSA) is 151 Å². The van der Waals surface area contributed by atoms with Crippen molar-refractivity contribution in [2.75, 3.05) is 36.3 Å². The van der Waals surface area contributed by atoms with E-state index in [1.807, 2.05) is 12.5 Å². The molecule has 3 amide bonds. The molecule has 0 aromatic carbocycles. The summed E-state index contributed by atoms with van der Waals surface area (Å²) in [5, 5.41) is 16.3. The molecule has 3 atom stereocenters. The molecule has 6 N–H and O–H groups in total. The minimum atomic E-state index is -1.14. The van der Waals surface area contributed by atoms with Crippen LogP contribution in [0.4, 0.5) is 0 Å². The number of carboxylic acids is 1. The van der Waals surface area contributed by atoms with Crippen molar-refractivity contribution >= 4 is 59.8 Å². The summed E-state index contributed by atoms with van der Waals surface area (Å²) in [6.07, 6.45) is 4.48. The number of aliphatic carboxylic acids is 1. The third kappa shape index (κ3) is 11.4. The summed E-state index contributed by atoms with van der Waals surface area (Å²) >= 11 is 7.06. The molecule has 0 rings (SSSR count). The molecule has 3 unspecified atom stereocenters. The molecule has 0 aliphatic rings. The van der Waals surface area contributed by atoms with Crippen molar-refractivity contribution in [1.82, 2.24) is 16.0 Å². The lowest BCUT2D eigenvalue weighted by Gasteiger charge is -2.19. The maximum Gasteiger partial charge on any atom is 0.326 e. The van der Waals surface area contributed by atoms with Crippen molar-refractivity contribution in [3.8, 4) is 0 Å². The third-order valence-electron chi connectivity index (χ3n) is 3.45. The molecule has 0 saturated carbocycles. The van der Waals surface area contributed by atoms with Crippen molar-refractivity contribution < 1.29 is 24.3 Å². The zero-order valence-electron chi connectivity index (χ0n) is 15.4. The first-order chi connectivity index (χ1) is 12.8. The molecule has 0 heterocycles. The highest BCUT2D eigenvalue weighted by Crippen LogP contribution is 2.01. The van der Waals surface area contributed by atoms with Gasteiger partial charge in [0.15, 0.2) is 0 Å². The number of hydrogen-bond acceptors (Lipinski definition) is 8. The van der Waals surface area contributed by atoms with Gasteiger partial charge < -0.3 is 26.8 Å². The van der Waals surface area contributed by atoms with E-state index in [-0.39, 0.29) is 12.2 Å². The second kappa shape index (κ2) is 14.9. The van der Waals surface area contributed by atoms with Gasteiger partial charge in [-0.25, -0.2) is 4.79 Å². The molecule has 0 aliphatic carbocycles. The smallest absolute Gasteiger partial charge is 0.326 e. The fourth-order valence-electron chi connectivity index (χ4n) is 1.88. The van der Waals surface area contributed by atoms with Crippen LogP contribution >= 0.6 is 36.2 Å². The van der Waals surface area contributed by atoms with Gasteiger partial charge in [-0.2, -0.15) is 36.2 Å². The van der Waals surface area contributed by atoms with Crippen LogP contribution in [0.2, 0.25) is 0 Å². The molecule has 0 radical (unpaired) electrons. The van der Waals surface area contributed by atoms with E-state index in [9.17, 15) is 19.2 Å². The first-order valence-corrected chi connectivity index (χ1v) is 11.6. The van der Waals surface area contributed by atoms with Crippen LogP contribution in [0, 0.1) is 0 Å². The number of thiol groups is 1. The quantitative estimate of drug-likeness (QED) is 0.187. The van der Waals surface area contributed by atoms with E-state index in [2.05, 4.69) is 28.6 Å². The fourth-order valence-corrected chi connectivity index (χ4v) is 3.10. The third-order valence-corrected chi connectivity index (χ3v) is 5.11. The summed E-state index contributed by atoms with van der Waals surface area (Å²) in [5.74, 6) is -1.50. The maximum absolute atomic E-state index is 12.1. The number of nitrogens with two attached hydrogens (primary N) is 1. The van der Waals surface area contributed by atoms with E-state index < -0.39 is 48.4 Å². The van der Waals surface area contributed by atoms with Crippen LogP contribution in [0.5, 0.6) is 0 Å². The number of amides is 3. The SMILES string of the molecule is CSCCC(N)C(=O)NC(CS)C(=O)NCC(=O)NC(CCSC)C(=O)O. The monoisotopic (exact) mass is 440 g/mol. The molecule has 156 valence electrons. The molecule has 12 heteroatoms. The Morgan fingerprint density at radius 2 is 1.59 bits per heavy atom. The van der Waals surface area contributed by atoms with Crippen LogP contribution in [0.3, 0.4) is 0 Å². The van der Waals surface area contributed by atoms with Crippen molar-refractivity contribution in [3.05, 3.63) is 0 Å². The summed E-state index contributed by atoms with van der Waals surface area (Å²) in [5.41, 5.74) is 5.75. The summed E-state index contributed by atoms with van der Waals surface area (Å²) in [6.45, 7) is -0.402. The number of carboxylic acid groups (broad SMARTS) is 1. The summed E-state index contributed by atoms with van der Waals surface area (Å²) in [6, 6.07) is -2.69. The number of rotatable bonds is 14. The molecular formula is C15H28N4O5S3. The standard InChI is InChI=1S/C15H28N4O5S3/c1-26-5-3-9(16)13(21)19-11(8-25)14(22)17-7-12(20)18-10(15(23)24)4-6-27-2/h9-11,25H,3-8,16H2,1-2H3,(H,17,22)(H,18,20)(H,19,21)(H,23,24). The Balaban J connectivity index is 4.48. The maximum atomic E-state index is 12.1. The van der Waals surface area contributed by atoms with Gasteiger partial charge in [0, 0.05) is 5.75 Å². The van der Waals surface area contributed by atoms with E-state index in [1.54, 1.807) is 11.8 Å². The van der Waals surface area contributed by atoms with Gasteiger partial charge in [0.1, 0.15) is 12.1 Å². The number of carbonyl (C=O) groups is 4. The van der Waals surface area contributed by atoms with E-state index >= 15 is 0 Å². The second-order valence-corrected chi connectivity index (χ2v) is 7.93. The Bertz CT molecular complexity index is 510. The Labute approximate surface area is 173 Å². The highest BCUT2D eigenvalue weighted by atomic mass is 32.2. The second-order valence-electron chi connectivity index (χ2n) is 5.59. The van der Waals surface area contributed by atoms with Crippen LogP contribution in [0.1, 0.15) is 12.8 Å². The van der Waals surface area contributed by atoms with Crippen LogP contribution in [-0.4, -0.2) is 83.2 Å². The van der Waals surface area contributed by atoms with Crippen LogP contribution in [-0.2, 0) is 19.2 Å². The highest BCUT2D eigenvalue weighted by molar-refractivity contribution is 7.98. The highest BCUT2D eigenvalue weighted by Gasteiger charge is 2.24. The largest absolute Gasteiger partial charge is 0.480 e. The molecule has 0 aromatic rings. The van der Waals surface area contributed by atoms with Gasteiger partial charge in [-0.15, -0.1) is 0 Å². The number of nitrogens with one attached hydrogen (secondary N) is 3. The van der Waals surface area contributed by atoms with Gasteiger partial charge >= 0.3 is 5.97 Å². The van der Waals surface area contributed by atoms with E-state index in [1.165, 1.54) is 11.8 Å². The molecular weight excluding hydrogens is 412 g/mol. The van der Waals surface area contributed by atoms with E-state index in [0.717, 1.165) is 0 Å². The lowest BCUT2D eigenvalue weighted by atomic mass is 10.2. The Kier molecular flexibility index (Phi) is 14.3. The van der Waals surface area contributed by atoms with Gasteiger partial charge in [0.2, 0.25) is 17.7 Å². The molecule has 9 nitrogen and oxygen atoms in total. The average molecular weight is 441 g/mol. The van der Waals surface area contributed by atoms with Crippen LogP contribution in [0.25, 0.3) is 0 Å². The summed E-state index contributed by atoms with van der Waals surface area (Å²) in [4.78, 5) is 47.1. The lowest BCUT2D eigenvalue weighted by molar-refractivity contribution is -0.141. The minimum absolute atomic E-state index is 0.0277. The van der Waals surface area contributed by atoms with Crippen molar-refractivity contribution in [2.24, 2.45) is 5.73 Å². The molecule has 27 heavy (non-hydrogen) atoms. The van der Waals surface area contributed by atoms with Gasteiger partial charge in [0.25, 0.3) is 0 Å². The number of thioether (sulfide) groups is 2. The molecule has 0 aliphatic heterocycles. The Morgan fingerprint density at radius 3 is 2.11 bits per heavy atom. The molecule has 0 bridgehead atoms. The van der Waals surface area contributed by atoms with E-state index in [0.29, 0.717) is 17.9 Å². The molecule has 0 aromatic heterocycles. The van der Waals surface area contributed by atoms with Gasteiger partial charge in [-0.1, -0.05) is 0 Å². The normalized spacial score (nSPS) is 13.9. The zero-order chi connectivity index (χ0) is 20.8. The summed E-state index contributed by atoms with van der Waals surface area (Å²) < 4.78 is 0. The average Bonchev–Trinajstić information content (AvgIpc) is 2.64. The predicted octanol–water partition coefficient (Wildman–Crippen LogP) is -1.08. The first kappa shape index (κ1) is 25.9. The van der Waals surface area contributed by atoms with Crippen molar-refractivity contribution in [1.29, 1.82) is 0 Å². The summed E-state index contributed by atoms with van der Waals surface area (Å²) in [7, 11) is 0. The molecule has 0 spiro atoms. The van der Waals surface area contributed by atoms with Crippen molar-refractivity contribution in [3.63, 3.8) is 0 Å². The van der Waals surface area contributed by atoms with Gasteiger partial charge in [0.05, 0.1) is 12.6 Å². The van der Waals surface area contributed by atoms with Gasteiger partial charge in [-0.3, -0.25) is 14.4 Å². The van der Waals surface area contributed by atoms with Gasteiger partial charge in [-0.05, 0) is 36.9 Å². The molecule has 0 fully saturated rings. The Hall–Kier alpha value is -1.11. The van der Waals surface area contributed by atoms with Crippen LogP contribution in [0.15, 0.2) is 0 Å². The zero-order valence-corrected chi connectivity index (χ0v) is 17.9. The first-order valence-electron chi connectivity index (χ1n) is 8.21. The number of hydrogen-bond donors (Lipinski definition) is 6. The fraction of sp³-hybridized carbons (Fsp3) is 0.733. The predicted molar refractivity (Wildman–Crippen MR) is 112 cm³/mol. The Morgan fingerprint density at radius 1 is 1.00 bits per heavy atom. The molecule has 0 saturated heterocycles.